The smallest absolute Gasteiger partial charge is 0.407 e. The topological polar surface area (TPSA) is 50.8 Å². The number of nitrogens with zero attached hydrogens (tertiary/aromatic N) is 1. The molecule has 4 aliphatic heterocycles. The number of aryl methyl sites for hydroxylation is 1. The fourth-order valence-corrected chi connectivity index (χ4v) is 5.39. The largest absolute Gasteiger partial charge is 0.493 e. The second kappa shape index (κ2) is 8.43. The van der Waals surface area contributed by atoms with Gasteiger partial charge in [0.25, 0.3) is 0 Å². The number of nitrogens with one attached hydrogen (secondary N) is 1. The summed E-state index contributed by atoms with van der Waals surface area (Å²) >= 11 is 0. The van der Waals surface area contributed by atoms with Crippen LogP contribution in [0.15, 0.2) is 42.5 Å². The van der Waals surface area contributed by atoms with Crippen molar-refractivity contribution in [3.8, 4) is 16.9 Å². The quantitative estimate of drug-likeness (QED) is 0.719. The summed E-state index contributed by atoms with van der Waals surface area (Å²) in [7, 11) is 0. The van der Waals surface area contributed by atoms with Crippen molar-refractivity contribution in [2.45, 2.75) is 52.2 Å². The molecule has 0 radical (unpaired) electrons. The summed E-state index contributed by atoms with van der Waals surface area (Å²) in [5.41, 5.74) is 4.41. The van der Waals surface area contributed by atoms with Gasteiger partial charge in [0.15, 0.2) is 0 Å². The first-order chi connectivity index (χ1) is 15.4. The molecule has 3 fully saturated rings. The molecule has 5 nitrogen and oxygen atoms in total. The van der Waals surface area contributed by atoms with Crippen LogP contribution in [-0.4, -0.2) is 43.3 Å². The van der Waals surface area contributed by atoms with Crippen molar-refractivity contribution in [2.24, 2.45) is 11.3 Å². The molecular weight excluding hydrogens is 400 g/mol. The van der Waals surface area contributed by atoms with E-state index in [1.54, 1.807) is 0 Å². The molecule has 2 bridgehead atoms. The molecule has 32 heavy (non-hydrogen) atoms. The first-order valence-electron chi connectivity index (χ1n) is 12.0. The molecular formula is C27H34N2O3. The Hall–Kier alpha value is -2.53. The van der Waals surface area contributed by atoms with Crippen LogP contribution in [0.5, 0.6) is 5.75 Å². The predicted octanol–water partition coefficient (Wildman–Crippen LogP) is 5.20. The summed E-state index contributed by atoms with van der Waals surface area (Å²) in [5, 5.41) is 3.19. The third-order valence-electron chi connectivity index (χ3n) is 7.52. The molecule has 0 saturated carbocycles. The van der Waals surface area contributed by atoms with Crippen molar-refractivity contribution in [3.63, 3.8) is 0 Å². The second-order valence-electron chi connectivity index (χ2n) is 10.2. The van der Waals surface area contributed by atoms with Crippen LogP contribution in [0.3, 0.4) is 0 Å². The van der Waals surface area contributed by atoms with Gasteiger partial charge in [-0.1, -0.05) is 57.2 Å². The number of fused-ring (bicyclic) bond motifs is 4. The van der Waals surface area contributed by atoms with Crippen molar-refractivity contribution >= 4 is 6.09 Å². The Kier molecular flexibility index (Phi) is 5.62. The molecule has 1 N–H and O–H groups in total. The van der Waals surface area contributed by atoms with Gasteiger partial charge in [-0.15, -0.1) is 0 Å². The van der Waals surface area contributed by atoms with Crippen molar-refractivity contribution in [3.05, 3.63) is 53.6 Å². The van der Waals surface area contributed by atoms with Crippen LogP contribution in [0.4, 0.5) is 4.79 Å². The molecule has 4 aliphatic rings. The normalized spacial score (nSPS) is 27.8. The van der Waals surface area contributed by atoms with E-state index < -0.39 is 0 Å². The van der Waals surface area contributed by atoms with Crippen LogP contribution in [0, 0.1) is 11.3 Å². The molecule has 1 unspecified atom stereocenters. The highest BCUT2D eigenvalue weighted by molar-refractivity contribution is 5.70. The Morgan fingerprint density at radius 3 is 2.50 bits per heavy atom. The van der Waals surface area contributed by atoms with Crippen molar-refractivity contribution in [1.29, 1.82) is 0 Å². The Balaban J connectivity index is 1.34. The van der Waals surface area contributed by atoms with E-state index in [4.69, 9.17) is 9.47 Å². The maximum Gasteiger partial charge on any atom is 0.407 e. The molecule has 170 valence electrons. The number of piperidine rings is 3. The van der Waals surface area contributed by atoms with Crippen molar-refractivity contribution in [2.75, 3.05) is 26.2 Å². The highest BCUT2D eigenvalue weighted by atomic mass is 16.6. The third kappa shape index (κ3) is 4.11. The Morgan fingerprint density at radius 2 is 1.84 bits per heavy atom. The fraction of sp³-hybridized carbons (Fsp3) is 0.519. The summed E-state index contributed by atoms with van der Waals surface area (Å²) < 4.78 is 12.1. The number of hydrogen-bond acceptors (Lipinski definition) is 4. The van der Waals surface area contributed by atoms with E-state index >= 15 is 0 Å². The van der Waals surface area contributed by atoms with Gasteiger partial charge in [0.2, 0.25) is 0 Å². The Labute approximate surface area is 191 Å². The summed E-state index contributed by atoms with van der Waals surface area (Å²) in [4.78, 5) is 15.3. The van der Waals surface area contributed by atoms with Crippen molar-refractivity contribution in [1.82, 2.24) is 10.2 Å². The van der Waals surface area contributed by atoms with Gasteiger partial charge >= 0.3 is 6.09 Å². The van der Waals surface area contributed by atoms with E-state index in [1.165, 1.54) is 11.1 Å². The van der Waals surface area contributed by atoms with Crippen LogP contribution in [0.1, 0.15) is 50.8 Å². The van der Waals surface area contributed by atoms with Gasteiger partial charge in [-0.2, -0.15) is 0 Å². The minimum Gasteiger partial charge on any atom is -0.493 e. The fourth-order valence-electron chi connectivity index (χ4n) is 5.39. The number of carbonyl (C=O) groups excluding carboxylic acids is 1. The van der Waals surface area contributed by atoms with E-state index in [-0.39, 0.29) is 23.7 Å². The average molecular weight is 435 g/mol. The number of hydrogen-bond donors (Lipinski definition) is 1. The lowest BCUT2D eigenvalue weighted by atomic mass is 9.78. The molecule has 0 aromatic heterocycles. The predicted molar refractivity (Wildman–Crippen MR) is 126 cm³/mol. The van der Waals surface area contributed by atoms with Gasteiger partial charge in [-0.3, -0.25) is 4.90 Å². The number of alkyl carbamates (subject to hydrolysis) is 1. The van der Waals surface area contributed by atoms with Gasteiger partial charge in [0.1, 0.15) is 11.9 Å². The van der Waals surface area contributed by atoms with E-state index in [0.717, 1.165) is 55.8 Å². The van der Waals surface area contributed by atoms with Crippen LogP contribution >= 0.6 is 0 Å². The number of carbonyl (C=O) groups is 1. The van der Waals surface area contributed by atoms with E-state index in [1.807, 2.05) is 0 Å². The van der Waals surface area contributed by atoms with E-state index in [0.29, 0.717) is 12.5 Å². The third-order valence-corrected chi connectivity index (χ3v) is 7.52. The lowest BCUT2D eigenvalue weighted by Crippen LogP contribution is -2.53. The molecule has 2 atom stereocenters. The lowest BCUT2D eigenvalue weighted by molar-refractivity contribution is -0.0361. The highest BCUT2D eigenvalue weighted by Crippen LogP contribution is 2.44. The second-order valence-corrected chi connectivity index (χ2v) is 10.2. The lowest BCUT2D eigenvalue weighted by Gasteiger charge is -2.44. The molecule has 3 saturated heterocycles. The molecule has 2 aromatic rings. The Bertz CT molecular complexity index is 977. The van der Waals surface area contributed by atoms with E-state index in [2.05, 4.69) is 73.5 Å². The first kappa shape index (κ1) is 21.3. The highest BCUT2D eigenvalue weighted by Gasteiger charge is 2.41. The van der Waals surface area contributed by atoms with Gasteiger partial charge < -0.3 is 14.8 Å². The van der Waals surface area contributed by atoms with Crippen molar-refractivity contribution < 1.29 is 14.3 Å². The molecule has 0 aliphatic carbocycles. The zero-order valence-corrected chi connectivity index (χ0v) is 19.4. The summed E-state index contributed by atoms with van der Waals surface area (Å²) in [6, 6.07) is 14.8. The molecule has 6 rings (SSSR count). The number of benzene rings is 2. The molecule has 5 heteroatoms. The van der Waals surface area contributed by atoms with Gasteiger partial charge in [-0.05, 0) is 61.0 Å². The van der Waals surface area contributed by atoms with Crippen LogP contribution in [0.2, 0.25) is 0 Å². The monoisotopic (exact) mass is 434 g/mol. The summed E-state index contributed by atoms with van der Waals surface area (Å²) in [6.45, 7) is 10.1. The maximum absolute atomic E-state index is 12.9. The minimum absolute atomic E-state index is 0.00777. The number of amides is 1. The minimum atomic E-state index is -0.311. The molecule has 2 aromatic carbocycles. The standard InChI is InChI=1S/C27H34N2O3/c1-4-18-5-7-19(8-6-18)21-9-10-22-23(15-21)31-17-27(2,3)25(22)28-26(30)32-24-16-29-13-11-20(24)12-14-29/h5-10,15,20,24-25H,4,11-14,16-17H2,1-3H3,(H,28,30)/t24-,25?/m1/s1. The van der Waals surface area contributed by atoms with Gasteiger partial charge in [0.05, 0.1) is 12.6 Å². The van der Waals surface area contributed by atoms with Gasteiger partial charge in [-0.25, -0.2) is 4.79 Å². The van der Waals surface area contributed by atoms with Gasteiger partial charge in [0, 0.05) is 17.5 Å². The molecule has 0 spiro atoms. The first-order valence-corrected chi connectivity index (χ1v) is 12.0. The van der Waals surface area contributed by atoms with Crippen LogP contribution in [0.25, 0.3) is 11.1 Å². The SMILES string of the molecule is CCc1ccc(-c2ccc3c(c2)OCC(C)(C)C3NC(=O)O[C@@H]2CN3CCC2CC3)cc1. The summed E-state index contributed by atoms with van der Waals surface area (Å²) in [5.74, 6) is 1.34. The van der Waals surface area contributed by atoms with Crippen LogP contribution < -0.4 is 10.1 Å². The zero-order chi connectivity index (χ0) is 22.3. The number of ether oxygens (including phenoxy) is 2. The Morgan fingerprint density at radius 1 is 1.12 bits per heavy atom. The zero-order valence-electron chi connectivity index (χ0n) is 19.4. The van der Waals surface area contributed by atoms with Crippen LogP contribution in [-0.2, 0) is 11.2 Å². The number of rotatable bonds is 4. The van der Waals surface area contributed by atoms with E-state index in [9.17, 15) is 4.79 Å². The maximum atomic E-state index is 12.9. The average Bonchev–Trinajstić information content (AvgIpc) is 2.81. The summed E-state index contributed by atoms with van der Waals surface area (Å²) in [6.07, 6.45) is 2.99. The molecule has 4 heterocycles. The molecule has 1 amide bonds.